The van der Waals surface area contributed by atoms with Crippen molar-refractivity contribution in [1.82, 2.24) is 9.78 Å². The molecule has 0 N–H and O–H groups in total. The lowest BCUT2D eigenvalue weighted by Crippen LogP contribution is -2.16. The third-order valence-electron chi connectivity index (χ3n) is 3.60. The molecule has 6 heteroatoms. The summed E-state index contributed by atoms with van der Waals surface area (Å²) in [6.07, 6.45) is 1.37. The molecule has 25 heavy (non-hydrogen) atoms. The molecule has 0 spiro atoms. The Balaban J connectivity index is 2.12. The van der Waals surface area contributed by atoms with Crippen molar-refractivity contribution in [2.45, 2.75) is 6.92 Å². The van der Waals surface area contributed by atoms with Gasteiger partial charge in [-0.1, -0.05) is 46.3 Å². The van der Waals surface area contributed by atoms with Gasteiger partial charge < -0.3 is 4.74 Å². The van der Waals surface area contributed by atoms with Gasteiger partial charge in [0, 0.05) is 15.6 Å². The highest BCUT2D eigenvalue weighted by Gasteiger charge is 2.23. The first-order valence-electron chi connectivity index (χ1n) is 7.72. The molecule has 126 valence electrons. The average molecular weight is 399 g/mol. The Morgan fingerprint density at radius 3 is 2.40 bits per heavy atom. The molecule has 0 aliphatic carbocycles. The van der Waals surface area contributed by atoms with Crippen LogP contribution in [0, 0.1) is 0 Å². The van der Waals surface area contributed by atoms with Crippen molar-refractivity contribution >= 4 is 27.8 Å². The van der Waals surface area contributed by atoms with Gasteiger partial charge in [0.2, 0.25) is 0 Å². The van der Waals surface area contributed by atoms with Gasteiger partial charge in [0.25, 0.3) is 5.91 Å². The fraction of sp³-hybridized carbons (Fsp3) is 0.105. The van der Waals surface area contributed by atoms with Crippen molar-refractivity contribution in [1.29, 1.82) is 0 Å². The van der Waals surface area contributed by atoms with E-state index < -0.39 is 5.97 Å². The van der Waals surface area contributed by atoms with E-state index in [9.17, 15) is 9.59 Å². The highest BCUT2D eigenvalue weighted by Crippen LogP contribution is 2.25. The molecule has 0 aliphatic rings. The third kappa shape index (κ3) is 3.53. The minimum absolute atomic E-state index is 0.249. The molecule has 0 aliphatic heterocycles. The van der Waals surface area contributed by atoms with Crippen molar-refractivity contribution in [2.75, 3.05) is 6.61 Å². The Kier molecular flexibility index (Phi) is 5.09. The van der Waals surface area contributed by atoms with E-state index in [1.807, 2.05) is 30.3 Å². The van der Waals surface area contributed by atoms with Crippen LogP contribution in [0.5, 0.6) is 0 Å². The smallest absolute Gasteiger partial charge is 0.342 e. The van der Waals surface area contributed by atoms with E-state index in [-0.39, 0.29) is 18.1 Å². The molecule has 0 saturated carbocycles. The monoisotopic (exact) mass is 398 g/mol. The molecule has 0 fully saturated rings. The van der Waals surface area contributed by atoms with Crippen LogP contribution in [0.4, 0.5) is 0 Å². The van der Waals surface area contributed by atoms with Crippen molar-refractivity contribution in [3.8, 4) is 11.3 Å². The minimum Gasteiger partial charge on any atom is -0.462 e. The Hall–Kier alpha value is -2.73. The molecule has 0 unspecified atom stereocenters. The summed E-state index contributed by atoms with van der Waals surface area (Å²) in [6, 6.07) is 16.2. The van der Waals surface area contributed by atoms with Crippen LogP contribution in [-0.2, 0) is 4.74 Å². The first kappa shape index (κ1) is 17.1. The standard InChI is InChI=1S/C19H15BrN2O3/c1-2-25-19(24)16-12-21-22(17(16)13-6-4-3-5-7-13)18(23)14-8-10-15(20)11-9-14/h3-12H,2H2,1H3. The number of halogens is 1. The lowest BCUT2D eigenvalue weighted by atomic mass is 10.1. The molecule has 0 radical (unpaired) electrons. The van der Waals surface area contributed by atoms with E-state index in [4.69, 9.17) is 4.74 Å². The van der Waals surface area contributed by atoms with E-state index in [2.05, 4.69) is 21.0 Å². The summed E-state index contributed by atoms with van der Waals surface area (Å²) < 4.78 is 7.21. The maximum atomic E-state index is 12.9. The Bertz CT molecular complexity index is 902. The lowest BCUT2D eigenvalue weighted by molar-refractivity contribution is 0.0527. The maximum absolute atomic E-state index is 12.9. The van der Waals surface area contributed by atoms with Crippen LogP contribution in [0.1, 0.15) is 27.6 Å². The van der Waals surface area contributed by atoms with Gasteiger partial charge in [-0.15, -0.1) is 0 Å². The van der Waals surface area contributed by atoms with Crippen LogP contribution >= 0.6 is 15.9 Å². The van der Waals surface area contributed by atoms with Gasteiger partial charge in [-0.05, 0) is 31.2 Å². The summed E-state index contributed by atoms with van der Waals surface area (Å²) in [6.45, 7) is 1.98. The van der Waals surface area contributed by atoms with E-state index >= 15 is 0 Å². The Labute approximate surface area is 153 Å². The van der Waals surface area contributed by atoms with Crippen molar-refractivity contribution in [3.63, 3.8) is 0 Å². The number of aromatic nitrogens is 2. The number of carbonyl (C=O) groups excluding carboxylic acids is 2. The van der Waals surface area contributed by atoms with E-state index in [1.165, 1.54) is 10.9 Å². The van der Waals surface area contributed by atoms with Gasteiger partial charge in [0.1, 0.15) is 5.56 Å². The van der Waals surface area contributed by atoms with Gasteiger partial charge in [-0.25, -0.2) is 4.79 Å². The molecule has 0 saturated heterocycles. The van der Waals surface area contributed by atoms with Crippen molar-refractivity contribution < 1.29 is 14.3 Å². The number of nitrogens with zero attached hydrogens (tertiary/aromatic N) is 2. The first-order valence-corrected chi connectivity index (χ1v) is 8.52. The Morgan fingerprint density at radius 1 is 1.08 bits per heavy atom. The highest BCUT2D eigenvalue weighted by molar-refractivity contribution is 9.10. The van der Waals surface area contributed by atoms with Crippen LogP contribution in [0.2, 0.25) is 0 Å². The van der Waals surface area contributed by atoms with Crippen LogP contribution in [0.25, 0.3) is 11.3 Å². The fourth-order valence-corrected chi connectivity index (χ4v) is 2.71. The Morgan fingerprint density at radius 2 is 1.76 bits per heavy atom. The number of benzene rings is 2. The van der Waals surface area contributed by atoms with Crippen LogP contribution in [0.3, 0.4) is 0 Å². The van der Waals surface area contributed by atoms with Gasteiger partial charge in [0.05, 0.1) is 18.5 Å². The molecular formula is C19H15BrN2O3. The second-order valence-corrected chi connectivity index (χ2v) is 6.13. The number of hydrogen-bond acceptors (Lipinski definition) is 4. The largest absolute Gasteiger partial charge is 0.462 e. The maximum Gasteiger partial charge on any atom is 0.342 e. The summed E-state index contributed by atoms with van der Waals surface area (Å²) in [5.41, 5.74) is 1.87. The molecule has 0 bridgehead atoms. The van der Waals surface area contributed by atoms with Crippen LogP contribution in [-0.4, -0.2) is 28.3 Å². The molecule has 1 heterocycles. The SMILES string of the molecule is CCOC(=O)c1cnn(C(=O)c2ccc(Br)cc2)c1-c1ccccc1. The molecule has 5 nitrogen and oxygen atoms in total. The van der Waals surface area contributed by atoms with Crippen molar-refractivity contribution in [2.24, 2.45) is 0 Å². The summed E-state index contributed by atoms with van der Waals surface area (Å²) in [5.74, 6) is -0.821. The average Bonchev–Trinajstić information content (AvgIpc) is 3.08. The van der Waals surface area contributed by atoms with Gasteiger partial charge in [-0.2, -0.15) is 9.78 Å². The topological polar surface area (TPSA) is 61.2 Å². The zero-order valence-corrected chi connectivity index (χ0v) is 15.1. The predicted molar refractivity (Wildman–Crippen MR) is 97.5 cm³/mol. The molecule has 3 aromatic rings. The van der Waals surface area contributed by atoms with Gasteiger partial charge >= 0.3 is 5.97 Å². The molecule has 3 rings (SSSR count). The van der Waals surface area contributed by atoms with Crippen LogP contribution in [0.15, 0.2) is 65.3 Å². The van der Waals surface area contributed by atoms with E-state index in [0.29, 0.717) is 16.8 Å². The highest BCUT2D eigenvalue weighted by atomic mass is 79.9. The lowest BCUT2D eigenvalue weighted by Gasteiger charge is -2.09. The van der Waals surface area contributed by atoms with E-state index in [0.717, 1.165) is 4.47 Å². The summed E-state index contributed by atoms with van der Waals surface area (Å²) >= 11 is 3.35. The minimum atomic E-state index is -0.504. The fourth-order valence-electron chi connectivity index (χ4n) is 2.45. The molecule has 2 aromatic carbocycles. The quantitative estimate of drug-likeness (QED) is 0.618. The van der Waals surface area contributed by atoms with E-state index in [1.54, 1.807) is 31.2 Å². The van der Waals surface area contributed by atoms with Gasteiger partial charge in [-0.3, -0.25) is 4.79 Å². The number of hydrogen-bond donors (Lipinski definition) is 0. The van der Waals surface area contributed by atoms with Crippen molar-refractivity contribution in [3.05, 3.63) is 76.4 Å². The second-order valence-electron chi connectivity index (χ2n) is 5.22. The second kappa shape index (κ2) is 7.44. The molecule has 1 aromatic heterocycles. The zero-order valence-electron chi connectivity index (χ0n) is 13.5. The summed E-state index contributed by atoms with van der Waals surface area (Å²) in [7, 11) is 0. The predicted octanol–water partition coefficient (Wildman–Crippen LogP) is 4.18. The molecule has 0 atom stereocenters. The number of carbonyl (C=O) groups is 2. The summed E-state index contributed by atoms with van der Waals surface area (Å²) in [4.78, 5) is 25.1. The first-order chi connectivity index (χ1) is 12.1. The number of esters is 1. The third-order valence-corrected chi connectivity index (χ3v) is 4.12. The summed E-state index contributed by atoms with van der Waals surface area (Å²) in [5, 5.41) is 4.15. The zero-order chi connectivity index (χ0) is 17.8. The number of rotatable bonds is 4. The van der Waals surface area contributed by atoms with Gasteiger partial charge in [0.15, 0.2) is 0 Å². The normalized spacial score (nSPS) is 10.5. The molecular weight excluding hydrogens is 384 g/mol. The molecule has 0 amide bonds. The number of ether oxygens (including phenoxy) is 1. The van der Waals surface area contributed by atoms with Crippen LogP contribution < -0.4 is 0 Å².